The highest BCUT2D eigenvalue weighted by atomic mass is 32.2. The van der Waals surface area contributed by atoms with Crippen molar-refractivity contribution in [1.82, 2.24) is 4.98 Å². The minimum Gasteiger partial charge on any atom is -0.462 e. The van der Waals surface area contributed by atoms with Crippen molar-refractivity contribution in [2.24, 2.45) is 0 Å². The molecule has 0 unspecified atom stereocenters. The van der Waals surface area contributed by atoms with Gasteiger partial charge in [0.25, 0.3) is 11.6 Å². The van der Waals surface area contributed by atoms with Crippen molar-refractivity contribution in [3.63, 3.8) is 0 Å². The van der Waals surface area contributed by atoms with Gasteiger partial charge in [0, 0.05) is 17.7 Å². The van der Waals surface area contributed by atoms with Crippen LogP contribution in [0.3, 0.4) is 0 Å². The predicted molar refractivity (Wildman–Crippen MR) is 90.9 cm³/mol. The van der Waals surface area contributed by atoms with Crippen LogP contribution in [0.1, 0.15) is 27.0 Å². The number of hydrogen-bond acceptors (Lipinski definition) is 8. The van der Waals surface area contributed by atoms with E-state index in [2.05, 4.69) is 10.3 Å². The molecule has 0 spiro atoms. The second-order valence-electron chi connectivity index (χ2n) is 4.34. The van der Waals surface area contributed by atoms with Gasteiger partial charge < -0.3 is 10.1 Å². The van der Waals surface area contributed by atoms with E-state index in [1.54, 1.807) is 13.2 Å². The Labute approximate surface area is 145 Å². The van der Waals surface area contributed by atoms with Crippen molar-refractivity contribution in [3.05, 3.63) is 44.8 Å². The molecule has 0 bridgehead atoms. The minimum atomic E-state index is -0.561. The van der Waals surface area contributed by atoms with Gasteiger partial charge in [-0.2, -0.15) is 0 Å². The molecular formula is C14H13N3O5S2. The number of carbonyl (C=O) groups is 2. The molecule has 0 aliphatic rings. The summed E-state index contributed by atoms with van der Waals surface area (Å²) in [6.07, 6.45) is 1.80. The Balaban J connectivity index is 2.23. The molecule has 8 nitrogen and oxygen atoms in total. The number of aromatic nitrogens is 1. The molecule has 0 saturated heterocycles. The number of non-ortho nitro benzene ring substituents is 1. The van der Waals surface area contributed by atoms with Gasteiger partial charge in [-0.3, -0.25) is 14.9 Å². The van der Waals surface area contributed by atoms with Crippen molar-refractivity contribution < 1.29 is 19.2 Å². The van der Waals surface area contributed by atoms with E-state index in [0.717, 1.165) is 11.3 Å². The molecule has 1 N–H and O–H groups in total. The molecule has 10 heteroatoms. The fourth-order valence-electron chi connectivity index (χ4n) is 1.72. The summed E-state index contributed by atoms with van der Waals surface area (Å²) in [4.78, 5) is 38.7. The van der Waals surface area contributed by atoms with Gasteiger partial charge in [0.05, 0.1) is 11.5 Å². The number of nitro benzene ring substituents is 1. The molecule has 1 heterocycles. The fourth-order valence-corrected chi connectivity index (χ4v) is 3.13. The Kier molecular flexibility index (Phi) is 5.88. The van der Waals surface area contributed by atoms with Crippen LogP contribution in [0, 0.1) is 10.1 Å². The molecule has 2 aromatic rings. The molecule has 0 aliphatic carbocycles. The Morgan fingerprint density at radius 1 is 1.38 bits per heavy atom. The summed E-state index contributed by atoms with van der Waals surface area (Å²) in [7, 11) is 0. The third-order valence-corrected chi connectivity index (χ3v) is 4.84. The molecule has 1 aromatic carbocycles. The maximum Gasteiger partial charge on any atom is 0.352 e. The van der Waals surface area contributed by atoms with Crippen molar-refractivity contribution in [3.8, 4) is 0 Å². The van der Waals surface area contributed by atoms with E-state index in [4.69, 9.17) is 4.74 Å². The van der Waals surface area contributed by atoms with E-state index < -0.39 is 16.8 Å². The lowest BCUT2D eigenvalue weighted by molar-refractivity contribution is -0.384. The van der Waals surface area contributed by atoms with E-state index in [0.29, 0.717) is 4.34 Å². The van der Waals surface area contributed by atoms with E-state index in [1.807, 2.05) is 0 Å². The van der Waals surface area contributed by atoms with Crippen LogP contribution in [0.2, 0.25) is 0 Å². The number of benzene rings is 1. The first-order valence-corrected chi connectivity index (χ1v) is 8.78. The molecule has 0 atom stereocenters. The maximum atomic E-state index is 12.3. The zero-order chi connectivity index (χ0) is 17.7. The molecular weight excluding hydrogens is 354 g/mol. The number of thioether (sulfide) groups is 1. The SMILES string of the molecule is CCOC(=O)c1sc(SC)nc1NC(=O)c1ccc([N+](=O)[O-])cc1. The number of ether oxygens (including phenoxy) is 1. The van der Waals surface area contributed by atoms with Gasteiger partial charge in [-0.15, -0.1) is 0 Å². The Bertz CT molecular complexity index is 773. The summed E-state index contributed by atoms with van der Waals surface area (Å²) in [6.45, 7) is 1.89. The topological polar surface area (TPSA) is 111 Å². The number of nitrogens with one attached hydrogen (secondary N) is 1. The molecule has 0 radical (unpaired) electrons. The summed E-state index contributed by atoms with van der Waals surface area (Å²) in [6, 6.07) is 5.13. The molecule has 0 aliphatic heterocycles. The number of anilines is 1. The van der Waals surface area contributed by atoms with Gasteiger partial charge >= 0.3 is 5.97 Å². The fraction of sp³-hybridized carbons (Fsp3) is 0.214. The van der Waals surface area contributed by atoms with Gasteiger partial charge in [0.2, 0.25) is 0 Å². The number of amides is 1. The van der Waals surface area contributed by atoms with E-state index >= 15 is 0 Å². The van der Waals surface area contributed by atoms with Crippen LogP contribution in [0.25, 0.3) is 0 Å². The quantitative estimate of drug-likeness (QED) is 0.361. The second-order valence-corrected chi connectivity index (χ2v) is 6.39. The Morgan fingerprint density at radius 3 is 2.58 bits per heavy atom. The summed E-state index contributed by atoms with van der Waals surface area (Å²) >= 11 is 2.47. The summed E-state index contributed by atoms with van der Waals surface area (Å²) in [5, 5.41) is 13.2. The number of nitrogens with zero attached hydrogens (tertiary/aromatic N) is 2. The van der Waals surface area contributed by atoms with Crippen LogP contribution in [0.4, 0.5) is 11.5 Å². The summed E-state index contributed by atoms with van der Waals surface area (Å²) < 4.78 is 5.56. The van der Waals surface area contributed by atoms with Crippen molar-refractivity contribution in [1.29, 1.82) is 0 Å². The van der Waals surface area contributed by atoms with Crippen molar-refractivity contribution in [2.75, 3.05) is 18.2 Å². The zero-order valence-corrected chi connectivity index (χ0v) is 14.4. The van der Waals surface area contributed by atoms with E-state index in [1.165, 1.54) is 36.0 Å². The number of nitro groups is 1. The third-order valence-electron chi connectivity index (χ3n) is 2.82. The van der Waals surface area contributed by atoms with Gasteiger partial charge in [0.15, 0.2) is 15.0 Å². The Morgan fingerprint density at radius 2 is 2.04 bits per heavy atom. The molecule has 1 amide bonds. The maximum absolute atomic E-state index is 12.3. The first-order chi connectivity index (χ1) is 11.5. The first kappa shape index (κ1) is 17.9. The lowest BCUT2D eigenvalue weighted by Crippen LogP contribution is -2.15. The van der Waals surface area contributed by atoms with E-state index in [-0.39, 0.29) is 28.6 Å². The van der Waals surface area contributed by atoms with Gasteiger partial charge in [0.1, 0.15) is 0 Å². The largest absolute Gasteiger partial charge is 0.462 e. The van der Waals surface area contributed by atoms with Crippen molar-refractivity contribution in [2.45, 2.75) is 11.3 Å². The minimum absolute atomic E-state index is 0.114. The molecule has 126 valence electrons. The van der Waals surface area contributed by atoms with Crippen LogP contribution in [0.5, 0.6) is 0 Å². The van der Waals surface area contributed by atoms with E-state index in [9.17, 15) is 19.7 Å². The first-order valence-electron chi connectivity index (χ1n) is 6.74. The molecule has 24 heavy (non-hydrogen) atoms. The number of carbonyl (C=O) groups excluding carboxylic acids is 2. The second kappa shape index (κ2) is 7.88. The number of esters is 1. The predicted octanol–water partition coefficient (Wildman–Crippen LogP) is 3.20. The lowest BCUT2D eigenvalue weighted by Gasteiger charge is -2.05. The third kappa shape index (κ3) is 4.09. The molecule has 0 saturated carbocycles. The van der Waals surface area contributed by atoms with Crippen LogP contribution in [-0.2, 0) is 4.74 Å². The van der Waals surface area contributed by atoms with Gasteiger partial charge in [-0.05, 0) is 25.3 Å². The standard InChI is InChI=1S/C14H13N3O5S2/c1-3-22-13(19)10-11(16-14(23-2)24-10)15-12(18)8-4-6-9(7-5-8)17(20)21/h4-7H,3H2,1-2H3,(H,15,18). The highest BCUT2D eigenvalue weighted by Crippen LogP contribution is 2.30. The smallest absolute Gasteiger partial charge is 0.352 e. The Hall–Kier alpha value is -2.46. The highest BCUT2D eigenvalue weighted by molar-refractivity contribution is 8.00. The zero-order valence-electron chi connectivity index (χ0n) is 12.8. The van der Waals surface area contributed by atoms with Gasteiger partial charge in [-0.1, -0.05) is 23.1 Å². The van der Waals surface area contributed by atoms with Crippen LogP contribution in [-0.4, -0.2) is 34.6 Å². The molecule has 2 rings (SSSR count). The van der Waals surface area contributed by atoms with Crippen LogP contribution < -0.4 is 5.32 Å². The normalized spacial score (nSPS) is 10.2. The number of rotatable bonds is 6. The average Bonchev–Trinajstić information content (AvgIpc) is 2.98. The van der Waals surface area contributed by atoms with Gasteiger partial charge in [-0.25, -0.2) is 9.78 Å². The molecule has 1 aromatic heterocycles. The number of thiazole rings is 1. The van der Waals surface area contributed by atoms with Crippen molar-refractivity contribution >= 4 is 46.5 Å². The number of hydrogen-bond donors (Lipinski definition) is 1. The average molecular weight is 367 g/mol. The monoisotopic (exact) mass is 367 g/mol. The van der Waals surface area contributed by atoms with Crippen LogP contribution >= 0.6 is 23.1 Å². The summed E-state index contributed by atoms with van der Waals surface area (Å²) in [5.41, 5.74) is 0.103. The highest BCUT2D eigenvalue weighted by Gasteiger charge is 2.21. The molecule has 0 fully saturated rings. The lowest BCUT2D eigenvalue weighted by atomic mass is 10.2. The van der Waals surface area contributed by atoms with Crippen LogP contribution in [0.15, 0.2) is 28.6 Å². The summed E-state index contributed by atoms with van der Waals surface area (Å²) in [5.74, 6) is -0.964.